The van der Waals surface area contributed by atoms with Crippen molar-refractivity contribution in [3.63, 3.8) is 0 Å². The van der Waals surface area contributed by atoms with Crippen molar-refractivity contribution in [2.24, 2.45) is 0 Å². The predicted molar refractivity (Wildman–Crippen MR) is 64.9 cm³/mol. The van der Waals surface area contributed by atoms with Crippen molar-refractivity contribution in [3.8, 4) is 0 Å². The van der Waals surface area contributed by atoms with Gasteiger partial charge >= 0.3 is 0 Å². The van der Waals surface area contributed by atoms with Gasteiger partial charge in [-0.3, -0.25) is 0 Å². The molecule has 88 valence electrons. The van der Waals surface area contributed by atoms with Gasteiger partial charge in [-0.1, -0.05) is 0 Å². The summed E-state index contributed by atoms with van der Waals surface area (Å²) in [5.74, 6) is 1.90. The third-order valence-corrected chi connectivity index (χ3v) is 3.00. The van der Waals surface area contributed by atoms with E-state index >= 15 is 0 Å². The summed E-state index contributed by atoms with van der Waals surface area (Å²) in [6.07, 6.45) is 3.61. The topological polar surface area (TPSA) is 58.9 Å². The smallest absolute Gasteiger partial charge is 0.152 e. The van der Waals surface area contributed by atoms with Gasteiger partial charge in [0.2, 0.25) is 0 Å². The third-order valence-electron chi connectivity index (χ3n) is 3.00. The highest BCUT2D eigenvalue weighted by atomic mass is 15.3. The number of anilines is 2. The maximum Gasteiger partial charge on any atom is 0.152 e. The van der Waals surface area contributed by atoms with Gasteiger partial charge in [0.1, 0.15) is 12.1 Å². The minimum absolute atomic E-state index is 0.799. The molecular formula is C11H14N6. The summed E-state index contributed by atoms with van der Waals surface area (Å²) < 4.78 is 2.09. The summed E-state index contributed by atoms with van der Waals surface area (Å²) in [4.78, 5) is 6.50. The molecule has 2 aromatic heterocycles. The maximum atomic E-state index is 4.22. The van der Waals surface area contributed by atoms with Gasteiger partial charge in [-0.15, -0.1) is 10.2 Å². The molecule has 0 bridgehead atoms. The van der Waals surface area contributed by atoms with Crippen LogP contribution in [0.25, 0.3) is 0 Å². The van der Waals surface area contributed by atoms with Crippen molar-refractivity contribution < 1.29 is 0 Å². The summed E-state index contributed by atoms with van der Waals surface area (Å²) in [5, 5.41) is 11.1. The Balaban J connectivity index is 1.86. The van der Waals surface area contributed by atoms with Crippen molar-refractivity contribution >= 4 is 11.5 Å². The summed E-state index contributed by atoms with van der Waals surface area (Å²) in [7, 11) is 1.87. The molecule has 0 spiro atoms. The first kappa shape index (κ1) is 10.1. The Bertz CT molecular complexity index is 520. The van der Waals surface area contributed by atoms with Crippen molar-refractivity contribution in [3.05, 3.63) is 30.5 Å². The van der Waals surface area contributed by atoms with Gasteiger partial charge in [0.05, 0.1) is 6.54 Å². The normalized spacial score (nSPS) is 14.5. The maximum absolute atomic E-state index is 4.22. The average Bonchev–Trinajstić information content (AvgIpc) is 2.86. The van der Waals surface area contributed by atoms with Gasteiger partial charge < -0.3 is 14.8 Å². The SMILES string of the molecule is CNc1cc(N2CCn3cnnc3C2)ccn1. The van der Waals surface area contributed by atoms with Crippen LogP contribution in [-0.4, -0.2) is 33.3 Å². The van der Waals surface area contributed by atoms with E-state index < -0.39 is 0 Å². The molecule has 2 aromatic rings. The van der Waals surface area contributed by atoms with Crippen molar-refractivity contribution in [1.29, 1.82) is 0 Å². The first-order valence-electron chi connectivity index (χ1n) is 5.62. The molecule has 0 amide bonds. The van der Waals surface area contributed by atoms with Gasteiger partial charge in [-0.25, -0.2) is 4.98 Å². The zero-order valence-corrected chi connectivity index (χ0v) is 9.67. The summed E-state index contributed by atoms with van der Waals surface area (Å²) in [6.45, 7) is 2.70. The Morgan fingerprint density at radius 2 is 2.29 bits per heavy atom. The largest absolute Gasteiger partial charge is 0.373 e. The van der Waals surface area contributed by atoms with Crippen LogP contribution in [0.5, 0.6) is 0 Å². The number of hydrogen-bond donors (Lipinski definition) is 1. The quantitative estimate of drug-likeness (QED) is 0.824. The predicted octanol–water partition coefficient (Wildman–Crippen LogP) is 0.735. The number of nitrogens with zero attached hydrogens (tertiary/aromatic N) is 5. The Morgan fingerprint density at radius 1 is 1.35 bits per heavy atom. The van der Waals surface area contributed by atoms with E-state index in [4.69, 9.17) is 0 Å². The van der Waals surface area contributed by atoms with E-state index in [1.807, 2.05) is 25.4 Å². The van der Waals surface area contributed by atoms with Crippen LogP contribution in [0.2, 0.25) is 0 Å². The molecule has 0 aliphatic carbocycles. The van der Waals surface area contributed by atoms with Crippen LogP contribution in [0.1, 0.15) is 5.82 Å². The van der Waals surface area contributed by atoms with Crippen LogP contribution >= 0.6 is 0 Å². The Labute approximate surface area is 99.3 Å². The van der Waals surface area contributed by atoms with Gasteiger partial charge in [0.25, 0.3) is 0 Å². The minimum atomic E-state index is 0.799. The Hall–Kier alpha value is -2.11. The van der Waals surface area contributed by atoms with Crippen molar-refractivity contribution in [2.45, 2.75) is 13.1 Å². The van der Waals surface area contributed by atoms with Crippen molar-refractivity contribution in [2.75, 3.05) is 23.8 Å². The lowest BCUT2D eigenvalue weighted by molar-refractivity contribution is 0.560. The fourth-order valence-corrected chi connectivity index (χ4v) is 2.04. The molecule has 1 aliphatic heterocycles. The molecule has 6 heteroatoms. The zero-order valence-electron chi connectivity index (χ0n) is 9.67. The van der Waals surface area contributed by atoms with Crippen LogP contribution in [-0.2, 0) is 13.1 Å². The molecule has 0 radical (unpaired) electrons. The summed E-state index contributed by atoms with van der Waals surface area (Å²) >= 11 is 0. The van der Waals surface area contributed by atoms with Crippen LogP contribution < -0.4 is 10.2 Å². The molecule has 0 saturated carbocycles. The molecular weight excluding hydrogens is 216 g/mol. The number of hydrogen-bond acceptors (Lipinski definition) is 5. The number of nitrogens with one attached hydrogen (secondary N) is 1. The second-order valence-corrected chi connectivity index (χ2v) is 4.01. The molecule has 0 unspecified atom stereocenters. The average molecular weight is 230 g/mol. The second kappa shape index (κ2) is 4.04. The number of rotatable bonds is 2. The highest BCUT2D eigenvalue weighted by molar-refractivity contribution is 5.53. The molecule has 1 aliphatic rings. The van der Waals surface area contributed by atoms with E-state index in [2.05, 4.69) is 30.0 Å². The lowest BCUT2D eigenvalue weighted by atomic mass is 10.3. The van der Waals surface area contributed by atoms with E-state index in [1.54, 1.807) is 6.33 Å². The van der Waals surface area contributed by atoms with E-state index in [1.165, 1.54) is 5.69 Å². The zero-order chi connectivity index (χ0) is 11.7. The second-order valence-electron chi connectivity index (χ2n) is 4.01. The molecule has 1 N–H and O–H groups in total. The van der Waals surface area contributed by atoms with Gasteiger partial charge in [0.15, 0.2) is 5.82 Å². The number of fused-ring (bicyclic) bond motifs is 1. The third kappa shape index (κ3) is 1.82. The van der Waals surface area contributed by atoms with E-state index in [0.717, 1.165) is 31.3 Å². The lowest BCUT2D eigenvalue weighted by Crippen LogP contribution is -2.33. The number of pyridine rings is 1. The highest BCUT2D eigenvalue weighted by Crippen LogP contribution is 2.21. The fraction of sp³-hybridized carbons (Fsp3) is 0.364. The van der Waals surface area contributed by atoms with Crippen LogP contribution in [0.3, 0.4) is 0 Å². The Morgan fingerprint density at radius 3 is 3.18 bits per heavy atom. The monoisotopic (exact) mass is 230 g/mol. The molecule has 17 heavy (non-hydrogen) atoms. The molecule has 0 atom stereocenters. The van der Waals surface area contributed by atoms with Gasteiger partial charge in [0, 0.05) is 38.1 Å². The summed E-state index contributed by atoms with van der Waals surface area (Å²) in [6, 6.07) is 4.07. The molecule has 0 saturated heterocycles. The standard InChI is InChI=1S/C11H14N6/c1-12-10-6-9(2-3-13-10)16-4-5-17-8-14-15-11(17)7-16/h2-3,6,8H,4-5,7H2,1H3,(H,12,13). The first-order chi connectivity index (χ1) is 8.36. The Kier molecular flexibility index (Phi) is 2.40. The van der Waals surface area contributed by atoms with E-state index in [-0.39, 0.29) is 0 Å². The van der Waals surface area contributed by atoms with E-state index in [0.29, 0.717) is 0 Å². The highest BCUT2D eigenvalue weighted by Gasteiger charge is 2.17. The molecule has 3 heterocycles. The van der Waals surface area contributed by atoms with Crippen LogP contribution in [0, 0.1) is 0 Å². The van der Waals surface area contributed by atoms with Crippen LogP contribution in [0.4, 0.5) is 11.5 Å². The molecule has 3 rings (SSSR count). The molecule has 6 nitrogen and oxygen atoms in total. The van der Waals surface area contributed by atoms with E-state index in [9.17, 15) is 0 Å². The van der Waals surface area contributed by atoms with Gasteiger partial charge in [-0.2, -0.15) is 0 Å². The fourth-order valence-electron chi connectivity index (χ4n) is 2.04. The molecule has 0 fully saturated rings. The van der Waals surface area contributed by atoms with Crippen LogP contribution in [0.15, 0.2) is 24.7 Å². The minimum Gasteiger partial charge on any atom is -0.373 e. The van der Waals surface area contributed by atoms with Crippen molar-refractivity contribution in [1.82, 2.24) is 19.7 Å². The summed E-state index contributed by atoms with van der Waals surface area (Å²) in [5.41, 5.74) is 1.17. The first-order valence-corrected chi connectivity index (χ1v) is 5.62. The van der Waals surface area contributed by atoms with Gasteiger partial charge in [-0.05, 0) is 6.07 Å². The number of aromatic nitrogens is 4. The molecule has 0 aromatic carbocycles. The lowest BCUT2D eigenvalue weighted by Gasteiger charge is -2.29.